The van der Waals surface area contributed by atoms with Gasteiger partial charge in [-0.1, -0.05) is 18.2 Å². The highest BCUT2D eigenvalue weighted by Gasteiger charge is 2.34. The minimum atomic E-state index is -0.598. The van der Waals surface area contributed by atoms with E-state index in [1.54, 1.807) is 23.5 Å². The monoisotopic (exact) mass is 509 g/mol. The van der Waals surface area contributed by atoms with Crippen molar-refractivity contribution in [2.45, 2.75) is 19.1 Å². The summed E-state index contributed by atoms with van der Waals surface area (Å²) in [6.07, 6.45) is 0.298. The molecule has 0 bridgehead atoms. The van der Waals surface area contributed by atoms with Crippen LogP contribution in [0.5, 0.6) is 23.0 Å². The third-order valence-electron chi connectivity index (χ3n) is 6.36. The highest BCUT2D eigenvalue weighted by molar-refractivity contribution is 7.16. The van der Waals surface area contributed by atoms with Crippen LogP contribution in [0.25, 0.3) is 0 Å². The molecular formula is C26H27N3O6S. The predicted octanol–water partition coefficient (Wildman–Crippen LogP) is 3.84. The van der Waals surface area contributed by atoms with Gasteiger partial charge in [0.2, 0.25) is 5.75 Å². The van der Waals surface area contributed by atoms with Crippen molar-refractivity contribution in [3.63, 3.8) is 0 Å². The molecule has 0 fully saturated rings. The lowest BCUT2D eigenvalue weighted by Gasteiger charge is -2.28. The molecule has 0 radical (unpaired) electrons. The standard InChI is InChI=1S/C26H27N3O6S/c1-29-10-9-16-20(13-29)36-25-21(16)24(30)27-23(28-25)15-7-5-6-8-17(15)35-26(31)14-11-18(32-2)22(34-4)19(12-14)33-3/h5-8,11-12,23,28H,9-10,13H2,1-4H3,(H,27,30). The molecule has 2 aliphatic heterocycles. The van der Waals surface area contributed by atoms with Gasteiger partial charge in [0, 0.05) is 23.5 Å². The lowest BCUT2D eigenvalue weighted by atomic mass is 10.0. The molecule has 188 valence electrons. The third-order valence-corrected chi connectivity index (χ3v) is 7.51. The van der Waals surface area contributed by atoms with E-state index in [1.807, 2.05) is 12.1 Å². The summed E-state index contributed by atoms with van der Waals surface area (Å²) in [7, 11) is 6.53. The SMILES string of the molecule is COc1cc(C(=O)Oc2ccccc2C2NC(=O)c3c(sc4c3CCN(C)C4)N2)cc(OC)c1OC. The fourth-order valence-electron chi connectivity index (χ4n) is 4.57. The van der Waals surface area contributed by atoms with Gasteiger partial charge in [-0.05, 0) is 37.2 Å². The van der Waals surface area contributed by atoms with E-state index < -0.39 is 12.1 Å². The first-order chi connectivity index (χ1) is 17.4. The van der Waals surface area contributed by atoms with Crippen molar-refractivity contribution in [2.75, 3.05) is 40.2 Å². The summed E-state index contributed by atoms with van der Waals surface area (Å²) in [5.41, 5.74) is 2.72. The van der Waals surface area contributed by atoms with Crippen LogP contribution in [0.1, 0.15) is 42.9 Å². The number of anilines is 1. The molecule has 0 spiro atoms. The highest BCUT2D eigenvalue weighted by atomic mass is 32.1. The molecule has 2 aliphatic rings. The van der Waals surface area contributed by atoms with Crippen LogP contribution in [0.2, 0.25) is 0 Å². The molecule has 0 aliphatic carbocycles. The summed E-state index contributed by atoms with van der Waals surface area (Å²) in [5, 5.41) is 7.32. The number of carbonyl (C=O) groups excluding carboxylic acids is 2. The number of hydrogen-bond donors (Lipinski definition) is 2. The molecular weight excluding hydrogens is 482 g/mol. The first-order valence-corrected chi connectivity index (χ1v) is 12.3. The summed E-state index contributed by atoms with van der Waals surface area (Å²) < 4.78 is 21.8. The number of likely N-dealkylation sites (N-methyl/N-ethyl adjacent to an activating group) is 1. The van der Waals surface area contributed by atoms with Crippen LogP contribution in [0.3, 0.4) is 0 Å². The maximum absolute atomic E-state index is 13.1. The molecule has 1 amide bonds. The van der Waals surface area contributed by atoms with Gasteiger partial charge < -0.3 is 34.5 Å². The number of methoxy groups -OCH3 is 3. The van der Waals surface area contributed by atoms with E-state index in [4.69, 9.17) is 18.9 Å². The average Bonchev–Trinajstić information content (AvgIpc) is 3.25. The Labute approximate surface area is 212 Å². The van der Waals surface area contributed by atoms with E-state index in [2.05, 4.69) is 22.6 Å². The quantitative estimate of drug-likeness (QED) is 0.382. The highest BCUT2D eigenvalue weighted by Crippen LogP contribution is 2.42. The summed E-state index contributed by atoms with van der Waals surface area (Å²) >= 11 is 1.61. The van der Waals surface area contributed by atoms with E-state index in [9.17, 15) is 9.59 Å². The molecule has 0 saturated carbocycles. The van der Waals surface area contributed by atoms with Crippen LogP contribution in [0.15, 0.2) is 36.4 Å². The molecule has 3 aromatic rings. The lowest BCUT2D eigenvalue weighted by Crippen LogP contribution is -2.39. The number of nitrogens with zero attached hydrogens (tertiary/aromatic N) is 1. The van der Waals surface area contributed by atoms with Gasteiger partial charge in [0.05, 0.1) is 32.5 Å². The fraction of sp³-hybridized carbons (Fsp3) is 0.308. The Hall–Kier alpha value is -3.76. The van der Waals surface area contributed by atoms with Gasteiger partial charge in [-0.15, -0.1) is 11.3 Å². The summed E-state index contributed by atoms with van der Waals surface area (Å²) in [4.78, 5) is 29.7. The Bertz CT molecular complexity index is 1310. The second-order valence-corrected chi connectivity index (χ2v) is 9.69. The van der Waals surface area contributed by atoms with Crippen molar-refractivity contribution in [1.82, 2.24) is 10.2 Å². The number of thiophene rings is 1. The molecule has 5 rings (SSSR count). The van der Waals surface area contributed by atoms with Crippen molar-refractivity contribution in [3.8, 4) is 23.0 Å². The number of amides is 1. The maximum Gasteiger partial charge on any atom is 0.343 e. The normalized spacial score (nSPS) is 16.8. The molecule has 0 saturated heterocycles. The molecule has 2 N–H and O–H groups in total. The Morgan fingerprint density at radius 3 is 2.44 bits per heavy atom. The van der Waals surface area contributed by atoms with Crippen LogP contribution < -0.4 is 29.6 Å². The van der Waals surface area contributed by atoms with Gasteiger partial charge >= 0.3 is 5.97 Å². The van der Waals surface area contributed by atoms with Gasteiger partial charge in [-0.2, -0.15) is 0 Å². The van der Waals surface area contributed by atoms with E-state index in [-0.39, 0.29) is 11.5 Å². The summed E-state index contributed by atoms with van der Waals surface area (Å²) in [6, 6.07) is 10.2. The minimum absolute atomic E-state index is 0.124. The Morgan fingerprint density at radius 1 is 1.03 bits per heavy atom. The number of nitrogens with one attached hydrogen (secondary N) is 2. The van der Waals surface area contributed by atoms with Crippen molar-refractivity contribution in [3.05, 3.63) is 63.5 Å². The fourth-order valence-corrected chi connectivity index (χ4v) is 5.92. The molecule has 3 heterocycles. The zero-order chi connectivity index (χ0) is 25.4. The van der Waals surface area contributed by atoms with Crippen LogP contribution in [0.4, 0.5) is 5.00 Å². The summed E-state index contributed by atoms with van der Waals surface area (Å²) in [5.74, 6) is 0.683. The topological polar surface area (TPSA) is 98.4 Å². The van der Waals surface area contributed by atoms with Crippen molar-refractivity contribution >= 4 is 28.2 Å². The van der Waals surface area contributed by atoms with Crippen molar-refractivity contribution in [2.24, 2.45) is 0 Å². The smallest absolute Gasteiger partial charge is 0.343 e. The molecule has 2 aromatic carbocycles. The van der Waals surface area contributed by atoms with Gasteiger partial charge in [0.1, 0.15) is 16.9 Å². The van der Waals surface area contributed by atoms with Gasteiger partial charge in [-0.25, -0.2) is 4.79 Å². The van der Waals surface area contributed by atoms with Crippen molar-refractivity contribution in [1.29, 1.82) is 0 Å². The molecule has 1 aromatic heterocycles. The number of hydrogen-bond acceptors (Lipinski definition) is 9. The minimum Gasteiger partial charge on any atom is -0.493 e. The Kier molecular flexibility index (Phi) is 6.46. The Balaban J connectivity index is 1.43. The van der Waals surface area contributed by atoms with E-state index >= 15 is 0 Å². The number of rotatable bonds is 6. The lowest BCUT2D eigenvalue weighted by molar-refractivity contribution is 0.0731. The number of benzene rings is 2. The molecule has 10 heteroatoms. The molecule has 36 heavy (non-hydrogen) atoms. The first-order valence-electron chi connectivity index (χ1n) is 11.4. The number of para-hydroxylation sites is 1. The van der Waals surface area contributed by atoms with E-state index in [1.165, 1.54) is 38.3 Å². The largest absolute Gasteiger partial charge is 0.493 e. The van der Waals surface area contributed by atoms with Gasteiger partial charge in [0.25, 0.3) is 5.91 Å². The van der Waals surface area contributed by atoms with Crippen LogP contribution in [-0.2, 0) is 13.0 Å². The van der Waals surface area contributed by atoms with Gasteiger partial charge in [-0.3, -0.25) is 4.79 Å². The van der Waals surface area contributed by atoms with Crippen LogP contribution in [0, 0.1) is 0 Å². The maximum atomic E-state index is 13.1. The average molecular weight is 510 g/mol. The zero-order valence-electron chi connectivity index (χ0n) is 20.5. The second-order valence-electron chi connectivity index (χ2n) is 8.59. The number of carbonyl (C=O) groups is 2. The molecule has 1 atom stereocenters. The van der Waals surface area contributed by atoms with Crippen LogP contribution in [-0.4, -0.2) is 51.7 Å². The molecule has 1 unspecified atom stereocenters. The second kappa shape index (κ2) is 9.71. The summed E-state index contributed by atoms with van der Waals surface area (Å²) in [6.45, 7) is 1.75. The number of fused-ring (bicyclic) bond motifs is 3. The van der Waals surface area contributed by atoms with Crippen LogP contribution >= 0.6 is 11.3 Å². The zero-order valence-corrected chi connectivity index (χ0v) is 21.3. The van der Waals surface area contributed by atoms with E-state index in [0.29, 0.717) is 28.6 Å². The molecule has 9 nitrogen and oxygen atoms in total. The Morgan fingerprint density at radius 2 is 1.75 bits per heavy atom. The third kappa shape index (κ3) is 4.22. The number of ether oxygens (including phenoxy) is 4. The predicted molar refractivity (Wildman–Crippen MR) is 136 cm³/mol. The van der Waals surface area contributed by atoms with Crippen molar-refractivity contribution < 1.29 is 28.5 Å². The number of esters is 1. The van der Waals surface area contributed by atoms with Gasteiger partial charge in [0.15, 0.2) is 11.5 Å². The first kappa shape index (κ1) is 24.0. The van der Waals surface area contributed by atoms with E-state index in [0.717, 1.165) is 35.6 Å².